The summed E-state index contributed by atoms with van der Waals surface area (Å²) in [6, 6.07) is 6.91. The van der Waals surface area contributed by atoms with E-state index in [0.29, 0.717) is 31.0 Å². The number of carbonyl (C=O) groups is 2. The molecule has 1 aromatic heterocycles. The van der Waals surface area contributed by atoms with Gasteiger partial charge < -0.3 is 19.3 Å². The summed E-state index contributed by atoms with van der Waals surface area (Å²) in [4.78, 5) is 29.0. The summed E-state index contributed by atoms with van der Waals surface area (Å²) >= 11 is 6.22. The van der Waals surface area contributed by atoms with Crippen LogP contribution in [-0.4, -0.2) is 64.6 Å². The fraction of sp³-hybridized carbons (Fsp3) is 0.542. The second kappa shape index (κ2) is 10.5. The number of nitrogens with zero attached hydrogens (tertiary/aromatic N) is 4. The third kappa shape index (κ3) is 6.41. The van der Waals surface area contributed by atoms with Gasteiger partial charge in [0.05, 0.1) is 5.69 Å². The van der Waals surface area contributed by atoms with E-state index in [2.05, 4.69) is 23.8 Å². The van der Waals surface area contributed by atoms with Crippen LogP contribution in [0.1, 0.15) is 57.9 Å². The van der Waals surface area contributed by atoms with Crippen molar-refractivity contribution >= 4 is 29.3 Å². The van der Waals surface area contributed by atoms with Crippen molar-refractivity contribution in [2.45, 2.75) is 59.2 Å². The number of piperidine rings is 1. The monoisotopic (exact) mass is 476 g/mol. The molecular weight excluding hydrogens is 444 g/mol. The van der Waals surface area contributed by atoms with Gasteiger partial charge in [0.25, 0.3) is 0 Å². The number of carbonyl (C=O) groups excluding carboxylic acids is 2. The number of anilines is 1. The molecule has 1 aliphatic rings. The summed E-state index contributed by atoms with van der Waals surface area (Å²) in [5, 5.41) is 4.79. The summed E-state index contributed by atoms with van der Waals surface area (Å²) in [6.45, 7) is 12.4. The van der Waals surface area contributed by atoms with E-state index in [0.717, 1.165) is 24.5 Å². The fourth-order valence-electron chi connectivity index (χ4n) is 3.76. The molecule has 1 aliphatic heterocycles. The lowest BCUT2D eigenvalue weighted by Crippen LogP contribution is -2.44. The van der Waals surface area contributed by atoms with Crippen LogP contribution in [0, 0.1) is 0 Å². The zero-order valence-electron chi connectivity index (χ0n) is 20.0. The predicted octanol–water partition coefficient (Wildman–Crippen LogP) is 4.85. The van der Waals surface area contributed by atoms with E-state index in [1.54, 1.807) is 25.7 Å². The molecule has 180 valence electrons. The molecule has 1 amide bonds. The summed E-state index contributed by atoms with van der Waals surface area (Å²) in [6.07, 6.45) is 2.90. The highest BCUT2D eigenvalue weighted by molar-refractivity contribution is 6.30. The maximum atomic E-state index is 12.9. The van der Waals surface area contributed by atoms with Gasteiger partial charge in [-0.1, -0.05) is 11.6 Å². The molecule has 2 aromatic rings. The van der Waals surface area contributed by atoms with Gasteiger partial charge in [-0.15, -0.1) is 0 Å². The van der Waals surface area contributed by atoms with Gasteiger partial charge in [0.2, 0.25) is 0 Å². The third-order valence-corrected chi connectivity index (χ3v) is 5.66. The Morgan fingerprint density at radius 1 is 1.15 bits per heavy atom. The van der Waals surface area contributed by atoms with Gasteiger partial charge in [-0.05, 0) is 58.9 Å². The van der Waals surface area contributed by atoms with Crippen molar-refractivity contribution in [2.24, 2.45) is 0 Å². The molecule has 0 atom stereocenters. The maximum absolute atomic E-state index is 12.9. The van der Waals surface area contributed by atoms with Crippen LogP contribution in [0.25, 0.3) is 0 Å². The van der Waals surface area contributed by atoms with Gasteiger partial charge in [0, 0.05) is 50.2 Å². The lowest BCUT2D eigenvalue weighted by molar-refractivity contribution is 0.00623. The highest BCUT2D eigenvalue weighted by atomic mass is 35.5. The zero-order valence-corrected chi connectivity index (χ0v) is 20.8. The van der Waals surface area contributed by atoms with E-state index in [4.69, 9.17) is 21.1 Å². The molecule has 2 heterocycles. The number of esters is 1. The summed E-state index contributed by atoms with van der Waals surface area (Å²) < 4.78 is 12.8. The first-order valence-electron chi connectivity index (χ1n) is 11.4. The lowest BCUT2D eigenvalue weighted by atomic mass is 10.1. The van der Waals surface area contributed by atoms with Crippen LogP contribution >= 0.6 is 11.6 Å². The Hall–Kier alpha value is -2.74. The third-order valence-electron chi connectivity index (χ3n) is 5.42. The first kappa shape index (κ1) is 24.9. The molecule has 9 heteroatoms. The average Bonchev–Trinajstić information content (AvgIpc) is 3.26. The molecule has 0 radical (unpaired) electrons. The van der Waals surface area contributed by atoms with Crippen molar-refractivity contribution in [1.82, 2.24) is 14.7 Å². The number of aromatic nitrogens is 2. The number of likely N-dealkylation sites (tertiary alicyclic amines) is 1. The Kier molecular flexibility index (Phi) is 7.89. The fourth-order valence-corrected chi connectivity index (χ4v) is 3.93. The van der Waals surface area contributed by atoms with Crippen molar-refractivity contribution in [3.8, 4) is 5.75 Å². The van der Waals surface area contributed by atoms with Gasteiger partial charge >= 0.3 is 12.0 Å². The minimum atomic E-state index is -0.623. The van der Waals surface area contributed by atoms with Crippen LogP contribution in [0.4, 0.5) is 10.5 Å². The second-order valence-electron chi connectivity index (χ2n) is 9.02. The van der Waals surface area contributed by atoms with E-state index in [-0.39, 0.29) is 17.8 Å². The summed E-state index contributed by atoms with van der Waals surface area (Å²) in [5.74, 6) is 0.259. The Bertz CT molecular complexity index is 973. The Labute approximate surface area is 200 Å². The molecule has 8 nitrogen and oxygen atoms in total. The van der Waals surface area contributed by atoms with Gasteiger partial charge in [0.15, 0.2) is 5.69 Å². The van der Waals surface area contributed by atoms with Crippen molar-refractivity contribution < 1.29 is 19.1 Å². The first-order valence-corrected chi connectivity index (χ1v) is 11.8. The van der Waals surface area contributed by atoms with E-state index < -0.39 is 11.6 Å². The van der Waals surface area contributed by atoms with Crippen LogP contribution in [0.3, 0.4) is 0 Å². The van der Waals surface area contributed by atoms with Gasteiger partial charge in [-0.3, -0.25) is 0 Å². The number of rotatable bonds is 6. The number of ether oxygens (including phenoxy) is 2. The normalized spacial score (nSPS) is 14.8. The Morgan fingerprint density at radius 3 is 2.42 bits per heavy atom. The average molecular weight is 477 g/mol. The van der Waals surface area contributed by atoms with E-state index in [9.17, 15) is 9.59 Å². The molecule has 1 saturated heterocycles. The van der Waals surface area contributed by atoms with Crippen molar-refractivity contribution in [3.63, 3.8) is 0 Å². The molecule has 0 saturated carbocycles. The molecule has 0 N–H and O–H groups in total. The van der Waals surface area contributed by atoms with Gasteiger partial charge in [0.1, 0.15) is 17.5 Å². The molecular formula is C24H33ClN4O4. The topological polar surface area (TPSA) is 76.9 Å². The standard InChI is InChI=1S/C24H33ClN4O4/c1-6-27(7-2)20-16-17(25)8-9-21(20)32-18-10-13-28(14-11-18)23(31)29-15-12-19(26-29)22(30)33-24(3,4)5/h8-9,12,15-16,18H,6-7,10-11,13-14H2,1-5H3. The Morgan fingerprint density at radius 2 is 1.82 bits per heavy atom. The number of benzene rings is 1. The van der Waals surface area contributed by atoms with Crippen LogP contribution in [-0.2, 0) is 4.74 Å². The van der Waals surface area contributed by atoms with E-state index >= 15 is 0 Å². The molecule has 1 aromatic carbocycles. The van der Waals surface area contributed by atoms with Crippen LogP contribution in [0.5, 0.6) is 5.75 Å². The number of hydrogen-bond acceptors (Lipinski definition) is 6. The highest BCUT2D eigenvalue weighted by Gasteiger charge is 2.27. The van der Waals surface area contributed by atoms with Crippen LogP contribution in [0.2, 0.25) is 5.02 Å². The SMILES string of the molecule is CCN(CC)c1cc(Cl)ccc1OC1CCN(C(=O)n2ccc(C(=O)OC(C)(C)C)n2)CC1. The van der Waals surface area contributed by atoms with Crippen LogP contribution < -0.4 is 9.64 Å². The zero-order chi connectivity index (χ0) is 24.2. The summed E-state index contributed by atoms with van der Waals surface area (Å²) in [7, 11) is 0. The molecule has 1 fully saturated rings. The summed E-state index contributed by atoms with van der Waals surface area (Å²) in [5.41, 5.74) is 0.475. The van der Waals surface area contributed by atoms with E-state index in [1.807, 2.05) is 18.2 Å². The van der Waals surface area contributed by atoms with Crippen molar-refractivity contribution in [1.29, 1.82) is 0 Å². The first-order chi connectivity index (χ1) is 15.6. The highest BCUT2D eigenvalue weighted by Crippen LogP contribution is 2.33. The quantitative estimate of drug-likeness (QED) is 0.555. The molecule has 0 bridgehead atoms. The molecule has 33 heavy (non-hydrogen) atoms. The molecule has 0 unspecified atom stereocenters. The number of amides is 1. The lowest BCUT2D eigenvalue weighted by Gasteiger charge is -2.33. The van der Waals surface area contributed by atoms with Gasteiger partial charge in [-0.2, -0.15) is 9.78 Å². The number of hydrogen-bond donors (Lipinski definition) is 0. The second-order valence-corrected chi connectivity index (χ2v) is 9.46. The van der Waals surface area contributed by atoms with E-state index in [1.165, 1.54) is 16.9 Å². The Balaban J connectivity index is 1.60. The predicted molar refractivity (Wildman–Crippen MR) is 128 cm³/mol. The number of halogens is 1. The smallest absolute Gasteiger partial charge is 0.359 e. The van der Waals surface area contributed by atoms with Gasteiger partial charge in [-0.25, -0.2) is 9.59 Å². The molecule has 0 spiro atoms. The minimum absolute atomic E-state index is 0.000478. The largest absolute Gasteiger partial charge is 0.488 e. The van der Waals surface area contributed by atoms with Crippen molar-refractivity contribution in [2.75, 3.05) is 31.1 Å². The van der Waals surface area contributed by atoms with Crippen LogP contribution in [0.15, 0.2) is 30.5 Å². The molecule has 3 rings (SSSR count). The molecule has 0 aliphatic carbocycles. The minimum Gasteiger partial charge on any atom is -0.488 e. The maximum Gasteiger partial charge on any atom is 0.359 e. The van der Waals surface area contributed by atoms with Crippen molar-refractivity contribution in [3.05, 3.63) is 41.2 Å².